The Balaban J connectivity index is 1.92. The Morgan fingerprint density at radius 2 is 2.33 bits per heavy atom. The molecule has 1 aliphatic carbocycles. The van der Waals surface area contributed by atoms with Gasteiger partial charge in [-0.05, 0) is 37.5 Å². The Bertz CT molecular complexity index is 649. The molecule has 0 bridgehead atoms. The highest BCUT2D eigenvalue weighted by Gasteiger charge is 2.29. The van der Waals surface area contributed by atoms with E-state index in [1.807, 2.05) is 18.3 Å². The first-order chi connectivity index (χ1) is 8.74. The predicted octanol–water partition coefficient (Wildman–Crippen LogP) is 3.01. The Morgan fingerprint density at radius 3 is 3.06 bits per heavy atom. The molecule has 0 atom stereocenters. The molecular weight excluding hydrogens is 244 g/mol. The summed E-state index contributed by atoms with van der Waals surface area (Å²) in [5.41, 5.74) is 2.29. The average molecular weight is 258 g/mol. The average Bonchev–Trinajstić information content (AvgIpc) is 3.12. The van der Waals surface area contributed by atoms with Crippen LogP contribution < -0.4 is 0 Å². The fraction of sp³-hybridized carbons (Fsp3) is 0.308. The van der Waals surface area contributed by atoms with Crippen LogP contribution >= 0.6 is 12.2 Å². The lowest BCUT2D eigenvalue weighted by Crippen LogP contribution is -1.97. The standard InChI is InChI=1S/C13H14N4S/c1-9-3-2-4-10(7-9)8-14-17-12(11-5-6-11)15-16-13(17)18/h2-4,7-8,11H,5-6H2,1H3,(H,16,18)/b14-8-. The van der Waals surface area contributed by atoms with E-state index in [9.17, 15) is 0 Å². The van der Waals surface area contributed by atoms with Crippen molar-refractivity contribution >= 4 is 18.4 Å². The molecule has 2 aromatic rings. The lowest BCUT2D eigenvalue weighted by atomic mass is 10.2. The summed E-state index contributed by atoms with van der Waals surface area (Å²) in [6.45, 7) is 2.07. The summed E-state index contributed by atoms with van der Waals surface area (Å²) < 4.78 is 2.29. The molecule has 1 N–H and O–H groups in total. The molecule has 0 amide bonds. The highest BCUT2D eigenvalue weighted by molar-refractivity contribution is 7.71. The molecular formula is C13H14N4S. The minimum Gasteiger partial charge on any atom is -0.250 e. The summed E-state index contributed by atoms with van der Waals surface area (Å²) in [6, 6.07) is 8.20. The van der Waals surface area contributed by atoms with Crippen molar-refractivity contribution in [2.75, 3.05) is 0 Å². The molecule has 1 saturated carbocycles. The first-order valence-corrected chi connectivity index (χ1v) is 6.43. The number of nitrogens with zero attached hydrogens (tertiary/aromatic N) is 3. The first-order valence-electron chi connectivity index (χ1n) is 6.02. The second-order valence-electron chi connectivity index (χ2n) is 4.63. The molecule has 0 saturated heterocycles. The zero-order valence-corrected chi connectivity index (χ0v) is 10.9. The Morgan fingerprint density at radius 1 is 1.50 bits per heavy atom. The van der Waals surface area contributed by atoms with Crippen LogP contribution in [0.25, 0.3) is 0 Å². The lowest BCUT2D eigenvalue weighted by Gasteiger charge is -1.98. The van der Waals surface area contributed by atoms with Crippen molar-refractivity contribution < 1.29 is 0 Å². The van der Waals surface area contributed by atoms with E-state index in [1.54, 1.807) is 4.68 Å². The maximum absolute atomic E-state index is 5.19. The largest absolute Gasteiger partial charge is 0.250 e. The van der Waals surface area contributed by atoms with Gasteiger partial charge in [-0.15, -0.1) is 0 Å². The molecule has 0 aliphatic heterocycles. The van der Waals surface area contributed by atoms with Crippen LogP contribution in [-0.2, 0) is 0 Å². The van der Waals surface area contributed by atoms with E-state index in [4.69, 9.17) is 12.2 Å². The van der Waals surface area contributed by atoms with Gasteiger partial charge in [-0.2, -0.15) is 14.9 Å². The number of H-pyrrole nitrogens is 1. The molecule has 1 fully saturated rings. The third-order valence-corrected chi connectivity index (χ3v) is 3.25. The number of aryl methyl sites for hydroxylation is 1. The predicted molar refractivity (Wildman–Crippen MR) is 73.6 cm³/mol. The van der Waals surface area contributed by atoms with Gasteiger partial charge in [0.1, 0.15) is 0 Å². The summed E-state index contributed by atoms with van der Waals surface area (Å²) in [6.07, 6.45) is 4.18. The molecule has 18 heavy (non-hydrogen) atoms. The van der Waals surface area contributed by atoms with E-state index in [0.717, 1.165) is 11.4 Å². The van der Waals surface area contributed by atoms with Gasteiger partial charge in [0.15, 0.2) is 5.82 Å². The zero-order chi connectivity index (χ0) is 12.5. The van der Waals surface area contributed by atoms with Gasteiger partial charge in [0.25, 0.3) is 0 Å². The van der Waals surface area contributed by atoms with Gasteiger partial charge >= 0.3 is 0 Å². The molecule has 0 radical (unpaired) electrons. The summed E-state index contributed by atoms with van der Waals surface area (Å²) in [5.74, 6) is 1.47. The van der Waals surface area contributed by atoms with Crippen molar-refractivity contribution in [3.63, 3.8) is 0 Å². The smallest absolute Gasteiger partial charge is 0.216 e. The van der Waals surface area contributed by atoms with Crippen LogP contribution in [0.2, 0.25) is 0 Å². The van der Waals surface area contributed by atoms with Crippen LogP contribution in [0.3, 0.4) is 0 Å². The number of nitrogens with one attached hydrogen (secondary N) is 1. The number of hydrogen-bond acceptors (Lipinski definition) is 3. The van der Waals surface area contributed by atoms with Gasteiger partial charge < -0.3 is 0 Å². The van der Waals surface area contributed by atoms with Crippen molar-refractivity contribution in [2.24, 2.45) is 5.10 Å². The van der Waals surface area contributed by atoms with E-state index in [-0.39, 0.29) is 0 Å². The molecule has 4 nitrogen and oxygen atoms in total. The Hall–Kier alpha value is -1.75. The van der Waals surface area contributed by atoms with Crippen molar-refractivity contribution in [3.05, 3.63) is 46.0 Å². The quantitative estimate of drug-likeness (QED) is 0.679. The van der Waals surface area contributed by atoms with Gasteiger partial charge in [-0.25, -0.2) is 0 Å². The Kier molecular flexibility index (Phi) is 2.83. The molecule has 3 rings (SSSR count). The van der Waals surface area contributed by atoms with Crippen LogP contribution in [0.5, 0.6) is 0 Å². The topological polar surface area (TPSA) is 46.0 Å². The number of aromatic amines is 1. The summed E-state index contributed by atoms with van der Waals surface area (Å²) >= 11 is 5.19. The molecule has 1 aromatic carbocycles. The molecule has 0 unspecified atom stereocenters. The summed E-state index contributed by atoms with van der Waals surface area (Å²) in [7, 11) is 0. The first kappa shape index (κ1) is 11.3. The van der Waals surface area contributed by atoms with Crippen LogP contribution in [0, 0.1) is 11.7 Å². The van der Waals surface area contributed by atoms with Gasteiger partial charge in [-0.3, -0.25) is 5.10 Å². The molecule has 0 spiro atoms. The Labute approximate surface area is 110 Å². The van der Waals surface area contributed by atoms with Gasteiger partial charge in [-0.1, -0.05) is 29.8 Å². The van der Waals surface area contributed by atoms with Gasteiger partial charge in [0.2, 0.25) is 4.77 Å². The van der Waals surface area contributed by atoms with Crippen molar-refractivity contribution in [3.8, 4) is 0 Å². The number of hydrogen-bond donors (Lipinski definition) is 1. The van der Waals surface area contributed by atoms with E-state index >= 15 is 0 Å². The fourth-order valence-electron chi connectivity index (χ4n) is 1.90. The normalized spacial score (nSPS) is 15.4. The third kappa shape index (κ3) is 2.26. The van der Waals surface area contributed by atoms with E-state index in [2.05, 4.69) is 34.4 Å². The maximum atomic E-state index is 5.19. The summed E-state index contributed by atoms with van der Waals surface area (Å²) in [4.78, 5) is 0. The lowest BCUT2D eigenvalue weighted by molar-refractivity contribution is 0.773. The molecule has 92 valence electrons. The minimum absolute atomic E-state index is 0.521. The maximum Gasteiger partial charge on any atom is 0.216 e. The highest BCUT2D eigenvalue weighted by atomic mass is 32.1. The fourth-order valence-corrected chi connectivity index (χ4v) is 2.08. The van der Waals surface area contributed by atoms with Crippen LogP contribution in [0.4, 0.5) is 0 Å². The SMILES string of the molecule is Cc1cccc(/C=N\n2c(C3CC3)n[nH]c2=S)c1. The molecule has 1 aromatic heterocycles. The molecule has 1 aliphatic rings. The summed E-state index contributed by atoms with van der Waals surface area (Å²) in [5, 5.41) is 11.5. The second kappa shape index (κ2) is 4.49. The minimum atomic E-state index is 0.521. The van der Waals surface area contributed by atoms with Crippen molar-refractivity contribution in [1.29, 1.82) is 0 Å². The van der Waals surface area contributed by atoms with E-state index in [1.165, 1.54) is 18.4 Å². The van der Waals surface area contributed by atoms with Crippen molar-refractivity contribution in [1.82, 2.24) is 14.9 Å². The number of benzene rings is 1. The van der Waals surface area contributed by atoms with Crippen LogP contribution in [0.1, 0.15) is 35.7 Å². The molecule has 1 heterocycles. The van der Waals surface area contributed by atoms with Gasteiger partial charge in [0.05, 0.1) is 6.21 Å². The zero-order valence-electron chi connectivity index (χ0n) is 10.1. The van der Waals surface area contributed by atoms with Crippen molar-refractivity contribution in [2.45, 2.75) is 25.7 Å². The van der Waals surface area contributed by atoms with Gasteiger partial charge in [0, 0.05) is 5.92 Å². The van der Waals surface area contributed by atoms with E-state index in [0.29, 0.717) is 10.7 Å². The van der Waals surface area contributed by atoms with E-state index < -0.39 is 0 Å². The third-order valence-electron chi connectivity index (χ3n) is 2.98. The number of rotatable bonds is 3. The number of aromatic nitrogens is 3. The van der Waals surface area contributed by atoms with Crippen LogP contribution in [-0.4, -0.2) is 21.1 Å². The monoisotopic (exact) mass is 258 g/mol. The second-order valence-corrected chi connectivity index (χ2v) is 5.02. The van der Waals surface area contributed by atoms with Crippen LogP contribution in [0.15, 0.2) is 29.4 Å². The highest BCUT2D eigenvalue weighted by Crippen LogP contribution is 2.38. The molecule has 5 heteroatoms.